The highest BCUT2D eigenvalue weighted by Crippen LogP contribution is 2.31. The van der Waals surface area contributed by atoms with Gasteiger partial charge in [-0.3, -0.25) is 14.6 Å². The van der Waals surface area contributed by atoms with Gasteiger partial charge in [-0.05, 0) is 52.6 Å². The first kappa shape index (κ1) is 21.2. The van der Waals surface area contributed by atoms with Crippen molar-refractivity contribution >= 4 is 23.2 Å². The minimum absolute atomic E-state index is 0.173. The molecule has 4 rings (SSSR count). The lowest BCUT2D eigenvalue weighted by Crippen LogP contribution is -2.62. The van der Waals surface area contributed by atoms with E-state index in [4.69, 9.17) is 4.74 Å². The monoisotopic (exact) mass is 435 g/mol. The lowest BCUT2D eigenvalue weighted by atomic mass is 9.87. The Hall–Kier alpha value is -3.03. The molecule has 1 atom stereocenters. The van der Waals surface area contributed by atoms with E-state index in [1.54, 1.807) is 40.6 Å². The van der Waals surface area contributed by atoms with Gasteiger partial charge >= 0.3 is 0 Å². The van der Waals surface area contributed by atoms with Crippen LogP contribution in [0.5, 0.6) is 0 Å². The first-order valence-electron chi connectivity index (χ1n) is 10.4. The molecule has 2 aromatic heterocycles. The zero-order valence-corrected chi connectivity index (χ0v) is 18.2. The predicted molar refractivity (Wildman–Crippen MR) is 121 cm³/mol. The van der Waals surface area contributed by atoms with Crippen molar-refractivity contribution in [3.8, 4) is 11.1 Å². The third kappa shape index (κ3) is 4.52. The van der Waals surface area contributed by atoms with E-state index in [1.807, 2.05) is 30.5 Å². The number of likely N-dealkylation sites (N-methyl/N-ethyl adjacent to an activating group) is 1. The molecule has 1 fully saturated rings. The van der Waals surface area contributed by atoms with Crippen LogP contribution in [0.2, 0.25) is 0 Å². The Labute approximate surface area is 185 Å². The Morgan fingerprint density at radius 3 is 2.77 bits per heavy atom. The number of carbonyl (C=O) groups excluding carboxylic acids is 2. The number of rotatable bonds is 6. The van der Waals surface area contributed by atoms with Crippen LogP contribution < -0.4 is 5.32 Å². The SMILES string of the molecule is CCNC(=O)[C@]1(Cc2ccccc2-c2ccsc2)CN(C(=O)c2ccccn2)CCO1. The summed E-state index contributed by atoms with van der Waals surface area (Å²) in [5, 5.41) is 7.05. The van der Waals surface area contributed by atoms with Crippen LogP contribution in [0.25, 0.3) is 11.1 Å². The third-order valence-corrected chi connectivity index (χ3v) is 6.12. The van der Waals surface area contributed by atoms with Gasteiger partial charge in [-0.2, -0.15) is 11.3 Å². The van der Waals surface area contributed by atoms with Gasteiger partial charge < -0.3 is 15.0 Å². The molecule has 0 spiro atoms. The molecule has 3 heterocycles. The van der Waals surface area contributed by atoms with E-state index in [9.17, 15) is 9.59 Å². The molecule has 0 aliphatic carbocycles. The fourth-order valence-corrected chi connectivity index (χ4v) is 4.59. The maximum absolute atomic E-state index is 13.2. The standard InChI is InChI=1S/C24H25N3O3S/c1-2-25-23(29)24(15-18-7-3-4-8-20(18)19-10-14-31-16-19)17-27(12-13-30-24)22(28)21-9-5-6-11-26-21/h3-11,14,16H,2,12-13,15,17H2,1H3,(H,25,29)/t24-/m0/s1. The topological polar surface area (TPSA) is 71.5 Å². The van der Waals surface area contributed by atoms with Gasteiger partial charge in [-0.15, -0.1) is 0 Å². The number of benzene rings is 1. The van der Waals surface area contributed by atoms with Crippen LogP contribution in [0.1, 0.15) is 23.0 Å². The second-order valence-corrected chi connectivity index (χ2v) is 8.27. The second kappa shape index (κ2) is 9.41. The summed E-state index contributed by atoms with van der Waals surface area (Å²) in [6.45, 7) is 3.25. The Kier molecular flexibility index (Phi) is 6.44. The molecule has 0 saturated carbocycles. The van der Waals surface area contributed by atoms with Crippen LogP contribution in [0.15, 0.2) is 65.5 Å². The highest BCUT2D eigenvalue weighted by atomic mass is 32.1. The van der Waals surface area contributed by atoms with E-state index in [0.29, 0.717) is 25.2 Å². The van der Waals surface area contributed by atoms with E-state index in [-0.39, 0.29) is 25.0 Å². The smallest absolute Gasteiger partial charge is 0.272 e. The molecule has 7 heteroatoms. The van der Waals surface area contributed by atoms with Crippen molar-refractivity contribution in [2.24, 2.45) is 0 Å². The van der Waals surface area contributed by atoms with Crippen molar-refractivity contribution in [1.29, 1.82) is 0 Å². The summed E-state index contributed by atoms with van der Waals surface area (Å²) < 4.78 is 6.15. The maximum atomic E-state index is 13.2. The van der Waals surface area contributed by atoms with Crippen molar-refractivity contribution < 1.29 is 14.3 Å². The Balaban J connectivity index is 1.67. The molecule has 0 radical (unpaired) electrons. The van der Waals surface area contributed by atoms with Crippen molar-refractivity contribution in [2.75, 3.05) is 26.2 Å². The van der Waals surface area contributed by atoms with Crippen molar-refractivity contribution in [3.05, 3.63) is 76.7 Å². The minimum atomic E-state index is -1.16. The quantitative estimate of drug-likeness (QED) is 0.644. The number of nitrogens with zero attached hydrogens (tertiary/aromatic N) is 2. The molecular weight excluding hydrogens is 410 g/mol. The Bertz CT molecular complexity index is 1040. The van der Waals surface area contributed by atoms with E-state index < -0.39 is 5.60 Å². The predicted octanol–water partition coefficient (Wildman–Crippen LogP) is 3.40. The highest BCUT2D eigenvalue weighted by Gasteiger charge is 2.45. The van der Waals surface area contributed by atoms with Gasteiger partial charge in [-0.25, -0.2) is 0 Å². The molecule has 6 nitrogen and oxygen atoms in total. The molecule has 2 amide bonds. The zero-order valence-electron chi connectivity index (χ0n) is 17.4. The van der Waals surface area contributed by atoms with Gasteiger partial charge in [0.1, 0.15) is 5.69 Å². The van der Waals surface area contributed by atoms with E-state index in [2.05, 4.69) is 27.8 Å². The summed E-state index contributed by atoms with van der Waals surface area (Å²) >= 11 is 1.63. The third-order valence-electron chi connectivity index (χ3n) is 5.43. The summed E-state index contributed by atoms with van der Waals surface area (Å²) in [5.74, 6) is -0.391. The van der Waals surface area contributed by atoms with E-state index >= 15 is 0 Å². The van der Waals surface area contributed by atoms with Crippen molar-refractivity contribution in [1.82, 2.24) is 15.2 Å². The van der Waals surface area contributed by atoms with Gasteiger partial charge in [0.15, 0.2) is 5.60 Å². The van der Waals surface area contributed by atoms with Gasteiger partial charge in [0.25, 0.3) is 11.8 Å². The summed E-state index contributed by atoms with van der Waals surface area (Å²) in [5.41, 5.74) is 2.41. The Morgan fingerprint density at radius 2 is 2.03 bits per heavy atom. The molecule has 0 unspecified atom stereocenters. The molecule has 1 aliphatic heterocycles. The van der Waals surface area contributed by atoms with Crippen molar-refractivity contribution in [2.45, 2.75) is 18.9 Å². The van der Waals surface area contributed by atoms with Crippen LogP contribution in [0.4, 0.5) is 0 Å². The summed E-state index contributed by atoms with van der Waals surface area (Å²) in [6, 6.07) is 15.4. The molecule has 1 saturated heterocycles. The molecule has 0 bridgehead atoms. The number of hydrogen-bond acceptors (Lipinski definition) is 5. The molecule has 31 heavy (non-hydrogen) atoms. The van der Waals surface area contributed by atoms with E-state index in [0.717, 1.165) is 16.7 Å². The average molecular weight is 436 g/mol. The normalized spacial score (nSPS) is 18.5. The molecule has 1 aliphatic rings. The lowest BCUT2D eigenvalue weighted by molar-refractivity contribution is -0.157. The van der Waals surface area contributed by atoms with Gasteiger partial charge in [0.05, 0.1) is 13.2 Å². The summed E-state index contributed by atoms with van der Waals surface area (Å²) in [6.07, 6.45) is 1.97. The number of hydrogen-bond donors (Lipinski definition) is 1. The van der Waals surface area contributed by atoms with E-state index in [1.165, 1.54) is 0 Å². The molecule has 160 valence electrons. The number of nitrogens with one attached hydrogen (secondary N) is 1. The number of aromatic nitrogens is 1. The maximum Gasteiger partial charge on any atom is 0.272 e. The van der Waals surface area contributed by atoms with Gasteiger partial charge in [-0.1, -0.05) is 30.3 Å². The highest BCUT2D eigenvalue weighted by molar-refractivity contribution is 7.08. The van der Waals surface area contributed by atoms with Crippen LogP contribution >= 0.6 is 11.3 Å². The number of morpholine rings is 1. The van der Waals surface area contributed by atoms with Crippen LogP contribution in [-0.2, 0) is 16.0 Å². The van der Waals surface area contributed by atoms with Gasteiger partial charge in [0.2, 0.25) is 0 Å². The fraction of sp³-hybridized carbons (Fsp3) is 0.292. The number of carbonyl (C=O) groups is 2. The first-order valence-corrected chi connectivity index (χ1v) is 11.3. The fourth-order valence-electron chi connectivity index (χ4n) is 3.94. The van der Waals surface area contributed by atoms with Crippen LogP contribution in [0.3, 0.4) is 0 Å². The van der Waals surface area contributed by atoms with Crippen LogP contribution in [-0.4, -0.2) is 53.5 Å². The van der Waals surface area contributed by atoms with Crippen molar-refractivity contribution in [3.63, 3.8) is 0 Å². The molecule has 3 aromatic rings. The number of pyridine rings is 1. The largest absolute Gasteiger partial charge is 0.361 e. The minimum Gasteiger partial charge on any atom is -0.361 e. The average Bonchev–Trinajstić information content (AvgIpc) is 3.35. The summed E-state index contributed by atoms with van der Waals surface area (Å²) in [7, 11) is 0. The number of ether oxygens (including phenoxy) is 1. The van der Waals surface area contributed by atoms with Crippen LogP contribution in [0, 0.1) is 0 Å². The molecule has 1 aromatic carbocycles. The Morgan fingerprint density at radius 1 is 1.19 bits per heavy atom. The second-order valence-electron chi connectivity index (χ2n) is 7.49. The molecule has 1 N–H and O–H groups in total. The zero-order chi connectivity index (χ0) is 21.7. The number of amides is 2. The first-order chi connectivity index (χ1) is 15.1. The van der Waals surface area contributed by atoms with Gasteiger partial charge in [0, 0.05) is 25.7 Å². The number of thiophene rings is 1. The molecular formula is C24H25N3O3S. The summed E-state index contributed by atoms with van der Waals surface area (Å²) in [4.78, 5) is 32.1. The lowest BCUT2D eigenvalue weighted by Gasteiger charge is -2.41.